The van der Waals surface area contributed by atoms with Gasteiger partial charge in [-0.3, -0.25) is 4.79 Å². The molecule has 37 heavy (non-hydrogen) atoms. The van der Waals surface area contributed by atoms with Gasteiger partial charge in [-0.05, 0) is 40.7 Å². The molecule has 3 rings (SSSR count). The van der Waals surface area contributed by atoms with Crippen LogP contribution in [0.4, 0.5) is 0 Å². The van der Waals surface area contributed by atoms with Gasteiger partial charge in [-0.1, -0.05) is 119 Å². The first kappa shape index (κ1) is 28.8. The lowest BCUT2D eigenvalue weighted by atomic mass is 9.99. The molecule has 0 saturated heterocycles. The van der Waals surface area contributed by atoms with Crippen molar-refractivity contribution in [2.24, 2.45) is 5.92 Å². The van der Waals surface area contributed by atoms with Crippen LogP contribution in [0.1, 0.15) is 59.1 Å². The molecule has 0 spiro atoms. The summed E-state index contributed by atoms with van der Waals surface area (Å²) in [6.45, 7) is 11.3. The zero-order valence-corrected chi connectivity index (χ0v) is 24.2. The average Bonchev–Trinajstić information content (AvgIpc) is 2.92. The minimum absolute atomic E-state index is 0.0490. The van der Waals surface area contributed by atoms with Crippen molar-refractivity contribution in [3.63, 3.8) is 0 Å². The third-order valence-corrected chi connectivity index (χ3v) is 12.5. The lowest BCUT2D eigenvalue weighted by Crippen LogP contribution is -2.66. The van der Waals surface area contributed by atoms with Crippen LogP contribution >= 0.6 is 0 Å². The summed E-state index contributed by atoms with van der Waals surface area (Å²) in [4.78, 5) is 14.9. The number of likely N-dealkylation sites (N-methyl/N-ethyl adjacent to an activating group) is 1. The van der Waals surface area contributed by atoms with Gasteiger partial charge in [0.15, 0.2) is 0 Å². The number of aliphatic hydroxyl groups excluding tert-OH is 1. The van der Waals surface area contributed by atoms with Crippen LogP contribution in [0, 0.1) is 5.92 Å². The van der Waals surface area contributed by atoms with Crippen molar-refractivity contribution in [1.82, 2.24) is 4.90 Å². The quantitative estimate of drug-likeness (QED) is 0.268. The van der Waals surface area contributed by atoms with Gasteiger partial charge in [0.25, 0.3) is 8.32 Å². The first-order valence-electron chi connectivity index (χ1n) is 13.3. The average molecular weight is 518 g/mol. The van der Waals surface area contributed by atoms with Gasteiger partial charge in [-0.2, -0.15) is 0 Å². The molecule has 0 aromatic heterocycles. The van der Waals surface area contributed by atoms with Crippen LogP contribution in [-0.4, -0.2) is 43.9 Å². The van der Waals surface area contributed by atoms with Crippen molar-refractivity contribution in [2.45, 2.75) is 64.6 Å². The molecule has 3 aromatic carbocycles. The van der Waals surface area contributed by atoms with Gasteiger partial charge in [0.1, 0.15) is 0 Å². The normalized spacial score (nSPS) is 14.6. The molecule has 3 atom stereocenters. The van der Waals surface area contributed by atoms with Gasteiger partial charge in [-0.15, -0.1) is 0 Å². The van der Waals surface area contributed by atoms with E-state index in [2.05, 4.69) is 81.4 Å². The summed E-state index contributed by atoms with van der Waals surface area (Å²) in [5.74, 6) is -0.105. The minimum Gasteiger partial charge on any atom is -0.407 e. The molecule has 5 heteroatoms. The van der Waals surface area contributed by atoms with Crippen molar-refractivity contribution >= 4 is 24.6 Å². The SMILES string of the molecule is C[C@H]([C@H](O)c1ccccc1)N(C)C(=O)[C@@H](C)CCCO[Si](c1ccccc1)(c1ccccc1)C(C)(C)C. The molecule has 1 N–H and O–H groups in total. The van der Waals surface area contributed by atoms with Crippen molar-refractivity contribution in [2.75, 3.05) is 13.7 Å². The van der Waals surface area contributed by atoms with Gasteiger partial charge in [-0.25, -0.2) is 0 Å². The molecule has 0 aliphatic carbocycles. The van der Waals surface area contributed by atoms with E-state index in [1.807, 2.05) is 44.2 Å². The van der Waals surface area contributed by atoms with Crippen LogP contribution in [0.5, 0.6) is 0 Å². The molecule has 1 amide bonds. The summed E-state index contributed by atoms with van der Waals surface area (Å²) in [5, 5.41) is 13.2. The van der Waals surface area contributed by atoms with Gasteiger partial charge in [0.2, 0.25) is 5.91 Å². The zero-order valence-electron chi connectivity index (χ0n) is 23.2. The summed E-state index contributed by atoms with van der Waals surface area (Å²) in [7, 11) is -0.783. The molecule has 4 nitrogen and oxygen atoms in total. The lowest BCUT2D eigenvalue weighted by molar-refractivity contribution is -0.138. The second-order valence-electron chi connectivity index (χ2n) is 11.1. The summed E-state index contributed by atoms with van der Waals surface area (Å²) < 4.78 is 6.97. The molecule has 0 bridgehead atoms. The molecule has 0 unspecified atom stereocenters. The van der Waals surface area contributed by atoms with E-state index in [4.69, 9.17) is 4.43 Å². The third kappa shape index (κ3) is 6.59. The number of carbonyl (C=O) groups excluding carboxylic acids is 1. The highest BCUT2D eigenvalue weighted by Gasteiger charge is 2.50. The molecule has 0 aliphatic rings. The summed E-state index contributed by atoms with van der Waals surface area (Å²) in [6, 6.07) is 30.5. The maximum atomic E-state index is 13.2. The second-order valence-corrected chi connectivity index (χ2v) is 15.4. The van der Waals surface area contributed by atoms with E-state index in [-0.39, 0.29) is 22.9 Å². The Labute approximate surface area is 224 Å². The number of aliphatic hydroxyl groups is 1. The van der Waals surface area contributed by atoms with Crippen molar-refractivity contribution in [1.29, 1.82) is 0 Å². The molecule has 0 saturated carbocycles. The topological polar surface area (TPSA) is 49.8 Å². The maximum Gasteiger partial charge on any atom is 0.261 e. The second kappa shape index (κ2) is 12.7. The predicted molar refractivity (Wildman–Crippen MR) is 156 cm³/mol. The van der Waals surface area contributed by atoms with E-state index in [9.17, 15) is 9.90 Å². The van der Waals surface area contributed by atoms with Gasteiger partial charge in [0.05, 0.1) is 12.1 Å². The Morgan fingerprint density at radius 1 is 0.865 bits per heavy atom. The monoisotopic (exact) mass is 517 g/mol. The Balaban J connectivity index is 1.68. The van der Waals surface area contributed by atoms with Crippen LogP contribution in [0.2, 0.25) is 5.04 Å². The third-order valence-electron chi connectivity index (χ3n) is 7.49. The predicted octanol–water partition coefficient (Wildman–Crippen LogP) is 5.56. The first-order valence-corrected chi connectivity index (χ1v) is 15.2. The Morgan fingerprint density at radius 3 is 1.78 bits per heavy atom. The maximum absolute atomic E-state index is 13.2. The Hall–Kier alpha value is -2.73. The highest BCUT2D eigenvalue weighted by molar-refractivity contribution is 6.99. The number of amides is 1. The van der Waals surface area contributed by atoms with E-state index < -0.39 is 14.4 Å². The van der Waals surface area contributed by atoms with Crippen molar-refractivity contribution < 1.29 is 14.3 Å². The number of carbonyl (C=O) groups is 1. The molecule has 3 aromatic rings. The Bertz CT molecular complexity index is 1060. The number of rotatable bonds is 11. The molecule has 0 heterocycles. The number of benzene rings is 3. The highest BCUT2D eigenvalue weighted by Crippen LogP contribution is 2.37. The van der Waals surface area contributed by atoms with Gasteiger partial charge < -0.3 is 14.4 Å². The standard InChI is InChI=1S/C32H43NO3Si/c1-25(31(35)33(6)26(2)30(34)27-18-10-7-11-19-27)17-16-24-36-37(32(3,4)5,28-20-12-8-13-21-28)29-22-14-9-15-23-29/h7-15,18-23,25-26,30,34H,16-17,24H2,1-6H3/t25-,26+,30-/m0/s1. The fourth-order valence-electron chi connectivity index (χ4n) is 5.19. The Morgan fingerprint density at radius 2 is 1.32 bits per heavy atom. The fraction of sp³-hybridized carbons (Fsp3) is 0.406. The molecular formula is C32H43NO3Si. The van der Waals surface area contributed by atoms with E-state index in [0.717, 1.165) is 18.4 Å². The Kier molecular flexibility index (Phi) is 9.88. The van der Waals surface area contributed by atoms with Crippen LogP contribution in [0.15, 0.2) is 91.0 Å². The number of nitrogens with zero attached hydrogens (tertiary/aromatic N) is 1. The lowest BCUT2D eigenvalue weighted by Gasteiger charge is -2.43. The van der Waals surface area contributed by atoms with E-state index in [0.29, 0.717) is 6.61 Å². The zero-order chi connectivity index (χ0) is 27.1. The fourth-order valence-corrected chi connectivity index (χ4v) is 9.79. The van der Waals surface area contributed by atoms with Gasteiger partial charge in [0, 0.05) is 19.6 Å². The summed E-state index contributed by atoms with van der Waals surface area (Å²) >= 11 is 0. The summed E-state index contributed by atoms with van der Waals surface area (Å²) in [6.07, 6.45) is 0.803. The van der Waals surface area contributed by atoms with Crippen LogP contribution in [-0.2, 0) is 9.22 Å². The highest BCUT2D eigenvalue weighted by atomic mass is 28.4. The molecular weight excluding hydrogens is 474 g/mol. The van der Waals surface area contributed by atoms with Crippen molar-refractivity contribution in [3.8, 4) is 0 Å². The molecule has 0 radical (unpaired) electrons. The van der Waals surface area contributed by atoms with E-state index in [1.54, 1.807) is 11.9 Å². The largest absolute Gasteiger partial charge is 0.407 e. The van der Waals surface area contributed by atoms with Crippen LogP contribution in [0.3, 0.4) is 0 Å². The smallest absolute Gasteiger partial charge is 0.261 e. The molecule has 198 valence electrons. The van der Waals surface area contributed by atoms with Gasteiger partial charge >= 0.3 is 0 Å². The van der Waals surface area contributed by atoms with E-state index in [1.165, 1.54) is 10.4 Å². The molecule has 0 aliphatic heterocycles. The minimum atomic E-state index is -2.57. The van der Waals surface area contributed by atoms with Crippen LogP contribution in [0.25, 0.3) is 0 Å². The molecule has 0 fully saturated rings. The van der Waals surface area contributed by atoms with E-state index >= 15 is 0 Å². The van der Waals surface area contributed by atoms with Crippen LogP contribution < -0.4 is 10.4 Å². The first-order chi connectivity index (χ1) is 17.6. The number of hydrogen-bond donors (Lipinski definition) is 1. The van der Waals surface area contributed by atoms with Crippen molar-refractivity contribution in [3.05, 3.63) is 96.6 Å². The number of hydrogen-bond acceptors (Lipinski definition) is 3. The summed E-state index contributed by atoms with van der Waals surface area (Å²) in [5.41, 5.74) is 0.820.